The lowest BCUT2D eigenvalue weighted by atomic mass is 10.1. The molecule has 2 rings (SSSR count). The number of ether oxygens (including phenoxy) is 1. The minimum absolute atomic E-state index is 0.0329. The van der Waals surface area contributed by atoms with Crippen LogP contribution in [0.4, 0.5) is 0 Å². The van der Waals surface area contributed by atoms with Gasteiger partial charge in [0.1, 0.15) is 12.4 Å². The molecule has 1 atom stereocenters. The standard InChI is InChI=1S/C15H18N2O/c1-11-5-6-14(12(2)16)15(8-11)18-10-13-4-3-7-17-9-13/h3-9,12H,10,16H2,1-2H3/t12-/m0/s1. The fourth-order valence-corrected chi connectivity index (χ4v) is 1.79. The van der Waals surface area contributed by atoms with E-state index in [1.807, 2.05) is 38.1 Å². The van der Waals surface area contributed by atoms with E-state index in [4.69, 9.17) is 10.5 Å². The first-order valence-corrected chi connectivity index (χ1v) is 6.04. The SMILES string of the molecule is Cc1ccc([C@H](C)N)c(OCc2cccnc2)c1. The highest BCUT2D eigenvalue weighted by Crippen LogP contribution is 2.25. The minimum atomic E-state index is -0.0329. The van der Waals surface area contributed by atoms with E-state index >= 15 is 0 Å². The van der Waals surface area contributed by atoms with Crippen LogP contribution >= 0.6 is 0 Å². The molecular weight excluding hydrogens is 224 g/mol. The fraction of sp³-hybridized carbons (Fsp3) is 0.267. The monoisotopic (exact) mass is 242 g/mol. The van der Waals surface area contributed by atoms with Gasteiger partial charge in [0, 0.05) is 29.6 Å². The molecule has 3 heteroatoms. The number of rotatable bonds is 4. The van der Waals surface area contributed by atoms with Crippen LogP contribution in [0.5, 0.6) is 5.75 Å². The summed E-state index contributed by atoms with van der Waals surface area (Å²) in [5.74, 6) is 0.855. The maximum absolute atomic E-state index is 5.94. The van der Waals surface area contributed by atoms with Crippen molar-refractivity contribution in [2.24, 2.45) is 5.73 Å². The number of pyridine rings is 1. The fourth-order valence-electron chi connectivity index (χ4n) is 1.79. The first-order valence-electron chi connectivity index (χ1n) is 6.04. The van der Waals surface area contributed by atoms with Gasteiger partial charge in [0.25, 0.3) is 0 Å². The molecule has 0 aliphatic rings. The zero-order chi connectivity index (χ0) is 13.0. The quantitative estimate of drug-likeness (QED) is 0.896. The van der Waals surface area contributed by atoms with Crippen LogP contribution in [0.25, 0.3) is 0 Å². The Kier molecular flexibility index (Phi) is 3.95. The predicted molar refractivity (Wildman–Crippen MR) is 72.4 cm³/mol. The largest absolute Gasteiger partial charge is 0.488 e. The third kappa shape index (κ3) is 3.08. The van der Waals surface area contributed by atoms with Crippen LogP contribution in [-0.2, 0) is 6.61 Å². The Balaban J connectivity index is 2.15. The maximum atomic E-state index is 5.94. The summed E-state index contributed by atoms with van der Waals surface area (Å²) < 4.78 is 5.85. The maximum Gasteiger partial charge on any atom is 0.124 e. The molecule has 0 saturated carbocycles. The molecule has 1 aromatic heterocycles. The smallest absolute Gasteiger partial charge is 0.124 e. The van der Waals surface area contributed by atoms with Gasteiger partial charge >= 0.3 is 0 Å². The molecule has 18 heavy (non-hydrogen) atoms. The Morgan fingerprint density at radius 1 is 1.33 bits per heavy atom. The minimum Gasteiger partial charge on any atom is -0.488 e. The van der Waals surface area contributed by atoms with E-state index in [1.54, 1.807) is 12.4 Å². The molecule has 0 radical (unpaired) electrons. The summed E-state index contributed by atoms with van der Waals surface area (Å²) in [5.41, 5.74) is 9.19. The summed E-state index contributed by atoms with van der Waals surface area (Å²) in [7, 11) is 0. The van der Waals surface area contributed by atoms with Gasteiger partial charge in [0.05, 0.1) is 0 Å². The van der Waals surface area contributed by atoms with Crippen LogP contribution in [0.2, 0.25) is 0 Å². The van der Waals surface area contributed by atoms with E-state index in [0.29, 0.717) is 6.61 Å². The van der Waals surface area contributed by atoms with Crippen LogP contribution in [0.15, 0.2) is 42.7 Å². The third-order valence-electron chi connectivity index (χ3n) is 2.78. The van der Waals surface area contributed by atoms with E-state index in [9.17, 15) is 0 Å². The van der Waals surface area contributed by atoms with Crippen LogP contribution in [0.3, 0.4) is 0 Å². The highest BCUT2D eigenvalue weighted by molar-refractivity contribution is 5.39. The topological polar surface area (TPSA) is 48.1 Å². The van der Waals surface area contributed by atoms with E-state index in [0.717, 1.165) is 16.9 Å². The lowest BCUT2D eigenvalue weighted by Gasteiger charge is -2.14. The van der Waals surface area contributed by atoms with Crippen molar-refractivity contribution in [2.45, 2.75) is 26.5 Å². The molecule has 0 amide bonds. The Bertz CT molecular complexity index is 509. The van der Waals surface area contributed by atoms with Crippen molar-refractivity contribution in [1.82, 2.24) is 4.98 Å². The number of nitrogens with zero attached hydrogens (tertiary/aromatic N) is 1. The van der Waals surface area contributed by atoms with Gasteiger partial charge in [-0.2, -0.15) is 0 Å². The van der Waals surface area contributed by atoms with Crippen molar-refractivity contribution in [3.05, 3.63) is 59.4 Å². The molecule has 94 valence electrons. The molecule has 2 N–H and O–H groups in total. The van der Waals surface area contributed by atoms with E-state index in [-0.39, 0.29) is 6.04 Å². The number of benzene rings is 1. The third-order valence-corrected chi connectivity index (χ3v) is 2.78. The average Bonchev–Trinajstić information content (AvgIpc) is 2.37. The van der Waals surface area contributed by atoms with Crippen molar-refractivity contribution in [2.75, 3.05) is 0 Å². The molecule has 0 aliphatic heterocycles. The van der Waals surface area contributed by atoms with Gasteiger partial charge in [-0.3, -0.25) is 4.98 Å². The molecule has 0 unspecified atom stereocenters. The van der Waals surface area contributed by atoms with Crippen molar-refractivity contribution in [3.63, 3.8) is 0 Å². The van der Waals surface area contributed by atoms with E-state index in [1.165, 1.54) is 5.56 Å². The van der Waals surface area contributed by atoms with Gasteiger partial charge in [-0.25, -0.2) is 0 Å². The first-order chi connectivity index (χ1) is 8.66. The predicted octanol–water partition coefficient (Wildman–Crippen LogP) is 2.99. The lowest BCUT2D eigenvalue weighted by Crippen LogP contribution is -2.08. The van der Waals surface area contributed by atoms with Crippen LogP contribution < -0.4 is 10.5 Å². The normalized spacial score (nSPS) is 12.2. The summed E-state index contributed by atoms with van der Waals surface area (Å²) in [5, 5.41) is 0. The molecule has 1 aromatic carbocycles. The average molecular weight is 242 g/mol. The van der Waals surface area contributed by atoms with Crippen LogP contribution in [-0.4, -0.2) is 4.98 Å². The lowest BCUT2D eigenvalue weighted by molar-refractivity contribution is 0.301. The van der Waals surface area contributed by atoms with Gasteiger partial charge < -0.3 is 10.5 Å². The van der Waals surface area contributed by atoms with Gasteiger partial charge in [-0.1, -0.05) is 18.2 Å². The Hall–Kier alpha value is -1.87. The van der Waals surface area contributed by atoms with Crippen molar-refractivity contribution in [3.8, 4) is 5.75 Å². The van der Waals surface area contributed by atoms with Crippen LogP contribution in [0, 0.1) is 6.92 Å². The Morgan fingerprint density at radius 3 is 2.83 bits per heavy atom. The van der Waals surface area contributed by atoms with Gasteiger partial charge in [-0.05, 0) is 31.5 Å². The summed E-state index contributed by atoms with van der Waals surface area (Å²) in [6, 6.07) is 9.97. The van der Waals surface area contributed by atoms with Gasteiger partial charge in [0.15, 0.2) is 0 Å². The number of aryl methyl sites for hydroxylation is 1. The Morgan fingerprint density at radius 2 is 2.17 bits per heavy atom. The number of aromatic nitrogens is 1. The molecule has 2 aromatic rings. The van der Waals surface area contributed by atoms with Gasteiger partial charge in [-0.15, -0.1) is 0 Å². The molecule has 0 bridgehead atoms. The summed E-state index contributed by atoms with van der Waals surface area (Å²) in [6.07, 6.45) is 3.56. The zero-order valence-corrected chi connectivity index (χ0v) is 10.8. The second kappa shape index (κ2) is 5.65. The molecule has 0 aliphatic carbocycles. The first kappa shape index (κ1) is 12.6. The highest BCUT2D eigenvalue weighted by Gasteiger charge is 2.08. The second-order valence-corrected chi connectivity index (χ2v) is 4.48. The van der Waals surface area contributed by atoms with Crippen molar-refractivity contribution in [1.29, 1.82) is 0 Å². The van der Waals surface area contributed by atoms with Crippen molar-refractivity contribution >= 4 is 0 Å². The molecule has 1 heterocycles. The van der Waals surface area contributed by atoms with E-state index < -0.39 is 0 Å². The number of hydrogen-bond acceptors (Lipinski definition) is 3. The second-order valence-electron chi connectivity index (χ2n) is 4.48. The summed E-state index contributed by atoms with van der Waals surface area (Å²) in [4.78, 5) is 4.07. The summed E-state index contributed by atoms with van der Waals surface area (Å²) in [6.45, 7) is 4.51. The molecule has 0 spiro atoms. The highest BCUT2D eigenvalue weighted by atomic mass is 16.5. The number of hydrogen-bond donors (Lipinski definition) is 1. The molecular formula is C15H18N2O. The zero-order valence-electron chi connectivity index (χ0n) is 10.8. The molecule has 0 fully saturated rings. The molecule has 3 nitrogen and oxygen atoms in total. The number of nitrogens with two attached hydrogens (primary N) is 1. The van der Waals surface area contributed by atoms with Gasteiger partial charge in [0.2, 0.25) is 0 Å². The van der Waals surface area contributed by atoms with Crippen LogP contribution in [0.1, 0.15) is 29.7 Å². The molecule has 0 saturated heterocycles. The van der Waals surface area contributed by atoms with Crippen molar-refractivity contribution < 1.29 is 4.74 Å². The summed E-state index contributed by atoms with van der Waals surface area (Å²) >= 11 is 0. The van der Waals surface area contributed by atoms with E-state index in [2.05, 4.69) is 11.1 Å². The Labute approximate surface area is 108 Å².